The lowest BCUT2D eigenvalue weighted by molar-refractivity contribution is 0.352. The second-order valence-electron chi connectivity index (χ2n) is 3.64. The van der Waals surface area contributed by atoms with E-state index in [-0.39, 0.29) is 0 Å². The van der Waals surface area contributed by atoms with Crippen molar-refractivity contribution >= 4 is 0 Å². The van der Waals surface area contributed by atoms with Gasteiger partial charge in [-0.25, -0.2) is 0 Å². The van der Waals surface area contributed by atoms with Gasteiger partial charge in [0, 0.05) is 6.42 Å². The Bertz CT molecular complexity index is 212. The van der Waals surface area contributed by atoms with Gasteiger partial charge in [-0.3, -0.25) is 0 Å². The monoisotopic (exact) mass is 165 g/mol. The van der Waals surface area contributed by atoms with Crippen molar-refractivity contribution in [3.05, 3.63) is 12.2 Å². The van der Waals surface area contributed by atoms with E-state index in [1.165, 1.54) is 32.1 Å². The fraction of sp³-hybridized carbons (Fsp3) is 0.778. The molecule has 0 bridgehead atoms. The molecule has 3 heteroatoms. The average molecular weight is 165 g/mol. The van der Waals surface area contributed by atoms with Gasteiger partial charge >= 0.3 is 0 Å². The van der Waals surface area contributed by atoms with Gasteiger partial charge in [-0.2, -0.15) is 0 Å². The molecular weight excluding hydrogens is 150 g/mol. The second-order valence-corrected chi connectivity index (χ2v) is 3.64. The van der Waals surface area contributed by atoms with E-state index in [2.05, 4.69) is 15.2 Å². The normalized spacial score (nSPS) is 19.7. The first kappa shape index (κ1) is 7.77. The van der Waals surface area contributed by atoms with Crippen molar-refractivity contribution in [1.29, 1.82) is 0 Å². The van der Waals surface area contributed by atoms with E-state index in [1.807, 2.05) is 0 Å². The van der Waals surface area contributed by atoms with E-state index in [4.69, 9.17) is 0 Å². The first-order chi connectivity index (χ1) is 5.95. The quantitative estimate of drug-likeness (QED) is 0.727. The molecule has 12 heavy (non-hydrogen) atoms. The highest BCUT2D eigenvalue weighted by Crippen LogP contribution is 2.25. The molecule has 3 nitrogen and oxygen atoms in total. The van der Waals surface area contributed by atoms with E-state index < -0.39 is 0 Å². The van der Waals surface area contributed by atoms with E-state index in [1.54, 1.807) is 6.33 Å². The lowest BCUT2D eigenvalue weighted by Gasteiger charge is -2.19. The summed E-state index contributed by atoms with van der Waals surface area (Å²) >= 11 is 0. The number of hydrogen-bond donors (Lipinski definition) is 1. The molecule has 1 N–H and O–H groups in total. The van der Waals surface area contributed by atoms with E-state index in [0.29, 0.717) is 0 Å². The Morgan fingerprint density at radius 3 is 2.83 bits per heavy atom. The van der Waals surface area contributed by atoms with Gasteiger partial charge in [0.2, 0.25) is 0 Å². The van der Waals surface area contributed by atoms with Crippen LogP contribution in [0.5, 0.6) is 0 Å². The molecule has 0 atom stereocenters. The van der Waals surface area contributed by atoms with Gasteiger partial charge in [0.15, 0.2) is 0 Å². The lowest BCUT2D eigenvalue weighted by Crippen LogP contribution is -2.10. The fourth-order valence-corrected chi connectivity index (χ4v) is 2.00. The summed E-state index contributed by atoms with van der Waals surface area (Å²) in [6, 6.07) is 0. The number of aromatic amines is 1. The summed E-state index contributed by atoms with van der Waals surface area (Å²) in [5.41, 5.74) is 0. The van der Waals surface area contributed by atoms with E-state index >= 15 is 0 Å². The van der Waals surface area contributed by atoms with Crippen LogP contribution in [0.15, 0.2) is 6.33 Å². The van der Waals surface area contributed by atoms with Crippen LogP contribution in [0.4, 0.5) is 0 Å². The van der Waals surface area contributed by atoms with Gasteiger partial charge in [-0.05, 0) is 5.92 Å². The first-order valence-electron chi connectivity index (χ1n) is 4.80. The third-order valence-electron chi connectivity index (χ3n) is 2.67. The van der Waals surface area contributed by atoms with E-state index in [0.717, 1.165) is 18.2 Å². The third-order valence-corrected chi connectivity index (χ3v) is 2.67. The van der Waals surface area contributed by atoms with Gasteiger partial charge in [0.25, 0.3) is 0 Å². The van der Waals surface area contributed by atoms with Crippen LogP contribution in [0.25, 0.3) is 0 Å². The molecule has 1 saturated carbocycles. The molecule has 0 unspecified atom stereocenters. The van der Waals surface area contributed by atoms with Crippen molar-refractivity contribution < 1.29 is 0 Å². The molecule has 1 aromatic heterocycles. The summed E-state index contributed by atoms with van der Waals surface area (Å²) in [5.74, 6) is 1.91. The summed E-state index contributed by atoms with van der Waals surface area (Å²) in [5, 5.41) is 7.79. The van der Waals surface area contributed by atoms with Crippen LogP contribution in [-0.4, -0.2) is 15.2 Å². The van der Waals surface area contributed by atoms with Crippen molar-refractivity contribution in [2.45, 2.75) is 38.5 Å². The van der Waals surface area contributed by atoms with Crippen LogP contribution < -0.4 is 0 Å². The smallest absolute Gasteiger partial charge is 0.130 e. The molecule has 0 saturated heterocycles. The lowest BCUT2D eigenvalue weighted by atomic mass is 9.87. The predicted octanol–water partition coefficient (Wildman–Crippen LogP) is 1.93. The van der Waals surface area contributed by atoms with Crippen LogP contribution in [0.3, 0.4) is 0 Å². The number of aromatic nitrogens is 3. The number of nitrogens with one attached hydrogen (secondary N) is 1. The van der Waals surface area contributed by atoms with Gasteiger partial charge in [-0.15, -0.1) is 10.2 Å². The van der Waals surface area contributed by atoms with Gasteiger partial charge in [0.1, 0.15) is 12.2 Å². The molecule has 0 aliphatic heterocycles. The molecule has 1 aliphatic rings. The minimum atomic E-state index is 0.853. The molecule has 0 amide bonds. The van der Waals surface area contributed by atoms with Crippen LogP contribution in [-0.2, 0) is 6.42 Å². The zero-order valence-corrected chi connectivity index (χ0v) is 7.29. The topological polar surface area (TPSA) is 41.6 Å². The van der Waals surface area contributed by atoms with Crippen molar-refractivity contribution in [2.75, 3.05) is 0 Å². The summed E-state index contributed by atoms with van der Waals surface area (Å²) in [7, 11) is 0. The van der Waals surface area contributed by atoms with Gasteiger partial charge in [-0.1, -0.05) is 32.1 Å². The number of nitrogens with zero attached hydrogens (tertiary/aromatic N) is 2. The number of H-pyrrole nitrogens is 1. The van der Waals surface area contributed by atoms with Crippen LogP contribution in [0.1, 0.15) is 37.9 Å². The summed E-state index contributed by atoms with van der Waals surface area (Å²) < 4.78 is 0. The SMILES string of the molecule is c1nnc(CC2CCCCC2)[nH]1. The Kier molecular flexibility index (Phi) is 2.39. The Balaban J connectivity index is 1.86. The first-order valence-corrected chi connectivity index (χ1v) is 4.80. The maximum Gasteiger partial charge on any atom is 0.130 e. The molecule has 2 rings (SSSR count). The molecule has 0 spiro atoms. The van der Waals surface area contributed by atoms with Crippen molar-refractivity contribution in [2.24, 2.45) is 5.92 Å². The highest BCUT2D eigenvalue weighted by molar-refractivity contribution is 4.84. The molecule has 1 aromatic rings. The molecule has 66 valence electrons. The second kappa shape index (κ2) is 3.70. The van der Waals surface area contributed by atoms with Crippen LogP contribution in [0.2, 0.25) is 0 Å². The number of hydrogen-bond acceptors (Lipinski definition) is 2. The van der Waals surface area contributed by atoms with Crippen molar-refractivity contribution in [3.63, 3.8) is 0 Å². The Hall–Kier alpha value is -0.860. The molecule has 0 radical (unpaired) electrons. The zero-order chi connectivity index (χ0) is 8.23. The minimum Gasteiger partial charge on any atom is -0.332 e. The molecular formula is C9H15N3. The largest absolute Gasteiger partial charge is 0.332 e. The highest BCUT2D eigenvalue weighted by Gasteiger charge is 2.14. The Morgan fingerprint density at radius 1 is 1.33 bits per heavy atom. The zero-order valence-electron chi connectivity index (χ0n) is 7.29. The third kappa shape index (κ3) is 1.84. The van der Waals surface area contributed by atoms with Crippen molar-refractivity contribution in [1.82, 2.24) is 15.2 Å². The maximum atomic E-state index is 4.00. The van der Waals surface area contributed by atoms with Gasteiger partial charge in [0.05, 0.1) is 0 Å². The summed E-state index contributed by atoms with van der Waals surface area (Å²) in [6.07, 6.45) is 9.74. The van der Waals surface area contributed by atoms with Crippen LogP contribution in [0, 0.1) is 5.92 Å². The molecule has 1 fully saturated rings. The van der Waals surface area contributed by atoms with Crippen LogP contribution >= 0.6 is 0 Å². The van der Waals surface area contributed by atoms with Crippen molar-refractivity contribution in [3.8, 4) is 0 Å². The Morgan fingerprint density at radius 2 is 2.17 bits per heavy atom. The van der Waals surface area contributed by atoms with Gasteiger partial charge < -0.3 is 4.98 Å². The van der Waals surface area contributed by atoms with E-state index in [9.17, 15) is 0 Å². The highest BCUT2D eigenvalue weighted by atomic mass is 15.2. The summed E-state index contributed by atoms with van der Waals surface area (Å²) in [4.78, 5) is 3.06. The molecule has 0 aromatic carbocycles. The number of rotatable bonds is 2. The summed E-state index contributed by atoms with van der Waals surface area (Å²) in [6.45, 7) is 0. The molecule has 1 heterocycles. The maximum absolute atomic E-state index is 4.00. The fourth-order valence-electron chi connectivity index (χ4n) is 2.00. The molecule has 1 aliphatic carbocycles. The predicted molar refractivity (Wildman–Crippen MR) is 46.7 cm³/mol. The standard InChI is InChI=1S/C9H15N3/c1-2-4-8(5-3-1)6-9-10-7-11-12-9/h7-8H,1-6H2,(H,10,11,12). The Labute approximate surface area is 72.6 Å². The average Bonchev–Trinajstić information content (AvgIpc) is 2.59. The minimum absolute atomic E-state index is 0.853.